The number of benzene rings is 1. The molecule has 1 saturated carbocycles. The lowest BCUT2D eigenvalue weighted by atomic mass is 9.79. The Morgan fingerprint density at radius 3 is 2.47 bits per heavy atom. The van der Waals surface area contributed by atoms with Crippen molar-refractivity contribution in [2.75, 3.05) is 6.61 Å². The Morgan fingerprint density at radius 2 is 1.79 bits per heavy atom. The van der Waals surface area contributed by atoms with Crippen molar-refractivity contribution in [2.24, 2.45) is 11.8 Å². The molecule has 186 valence electrons. The van der Waals surface area contributed by atoms with Gasteiger partial charge in [0.2, 0.25) is 5.69 Å². The zero-order valence-corrected chi connectivity index (χ0v) is 21.5. The van der Waals surface area contributed by atoms with Crippen LogP contribution in [0.5, 0.6) is 0 Å². The Bertz CT molecular complexity index is 1050. The molecule has 34 heavy (non-hydrogen) atoms. The van der Waals surface area contributed by atoms with Crippen LogP contribution in [0.4, 0.5) is 0 Å². The molecule has 0 spiro atoms. The molecular weight excluding hydrogens is 426 g/mol. The normalized spacial score (nSPS) is 26.8. The summed E-state index contributed by atoms with van der Waals surface area (Å²) < 4.78 is 6.92. The zero-order valence-electron chi connectivity index (χ0n) is 21.5. The van der Waals surface area contributed by atoms with E-state index in [0.29, 0.717) is 23.6 Å². The molecule has 1 aliphatic carbocycles. The Morgan fingerprint density at radius 1 is 1.09 bits per heavy atom. The third-order valence-corrected chi connectivity index (χ3v) is 8.27. The highest BCUT2D eigenvalue weighted by molar-refractivity contribution is 5.89. The number of carbonyl (C=O) groups excluding carboxylic acids is 1. The third kappa shape index (κ3) is 4.93. The minimum Gasteiger partial charge on any atom is -0.461 e. The van der Waals surface area contributed by atoms with E-state index >= 15 is 0 Å². The molecule has 0 unspecified atom stereocenters. The van der Waals surface area contributed by atoms with Gasteiger partial charge in [-0.2, -0.15) is 0 Å². The van der Waals surface area contributed by atoms with Gasteiger partial charge in [-0.25, -0.2) is 9.78 Å². The fraction of sp³-hybridized carbons (Fsp3) is 0.679. The number of fused-ring (bicyclic) bond motifs is 1. The maximum absolute atomic E-state index is 13.4. The minimum atomic E-state index is -0.641. The highest BCUT2D eigenvalue weighted by Gasteiger charge is 2.38. The first kappa shape index (κ1) is 24.9. The zero-order chi connectivity index (χ0) is 24.4. The number of nitrogens with zero attached hydrogens (tertiary/aromatic N) is 3. The molecule has 2 aliphatic rings. The van der Waals surface area contributed by atoms with Crippen LogP contribution in [-0.4, -0.2) is 45.2 Å². The minimum absolute atomic E-state index is 0.0432. The lowest BCUT2D eigenvalue weighted by Crippen LogP contribution is -2.46. The largest absolute Gasteiger partial charge is 0.461 e. The van der Waals surface area contributed by atoms with Gasteiger partial charge >= 0.3 is 5.97 Å². The summed E-state index contributed by atoms with van der Waals surface area (Å²) in [5.74, 6) is 0.986. The number of hydrogen-bond donors (Lipinski definition) is 0. The topological polar surface area (TPSA) is 64.4 Å². The average Bonchev–Trinajstić information content (AvgIpc) is 3.18. The molecule has 6 heteroatoms. The van der Waals surface area contributed by atoms with Crippen LogP contribution in [0.3, 0.4) is 0 Å². The summed E-state index contributed by atoms with van der Waals surface area (Å²) in [4.78, 5) is 33.1. The molecule has 4 rings (SSSR count). The number of esters is 1. The molecule has 0 amide bonds. The van der Waals surface area contributed by atoms with Crippen molar-refractivity contribution in [3.63, 3.8) is 0 Å². The van der Waals surface area contributed by atoms with Crippen LogP contribution >= 0.6 is 0 Å². The molecule has 1 aromatic carbocycles. The standard InChI is InChI=1S/C28H41N3O3/c1-6-34-28(33)26-27(32)31(25-10-8-7-9-24(25)29-26)20(5)17-23-14-11-19(4)30(23)22-15-12-21(13-16-22)18(2)3/h7-10,18-23H,6,11-17H2,1-5H3/t19-,20-,21?,22?,23-/m0/s1. The molecule has 6 nitrogen and oxygen atoms in total. The first-order chi connectivity index (χ1) is 16.3. The number of ether oxygens (including phenoxy) is 1. The van der Waals surface area contributed by atoms with Crippen molar-refractivity contribution < 1.29 is 9.53 Å². The number of hydrogen-bond acceptors (Lipinski definition) is 5. The van der Waals surface area contributed by atoms with Crippen LogP contribution in [0.1, 0.15) is 96.1 Å². The van der Waals surface area contributed by atoms with Gasteiger partial charge in [0.25, 0.3) is 5.56 Å². The van der Waals surface area contributed by atoms with Crippen LogP contribution < -0.4 is 5.56 Å². The van der Waals surface area contributed by atoms with Crippen molar-refractivity contribution in [3.8, 4) is 0 Å². The molecule has 1 aromatic heterocycles. The average molecular weight is 468 g/mol. The van der Waals surface area contributed by atoms with Crippen LogP contribution in [0.25, 0.3) is 11.0 Å². The van der Waals surface area contributed by atoms with Crippen molar-refractivity contribution in [2.45, 2.75) is 104 Å². The summed E-state index contributed by atoms with van der Waals surface area (Å²) >= 11 is 0. The lowest BCUT2D eigenvalue weighted by Gasteiger charge is -2.42. The summed E-state index contributed by atoms with van der Waals surface area (Å²) in [7, 11) is 0. The van der Waals surface area contributed by atoms with E-state index in [0.717, 1.165) is 30.2 Å². The number of para-hydroxylation sites is 2. The maximum Gasteiger partial charge on any atom is 0.362 e. The summed E-state index contributed by atoms with van der Waals surface area (Å²) in [6, 6.07) is 9.24. The van der Waals surface area contributed by atoms with E-state index in [1.165, 1.54) is 32.1 Å². The molecule has 2 heterocycles. The Hall–Kier alpha value is -2.21. The molecule has 2 aromatic rings. The van der Waals surface area contributed by atoms with Crippen LogP contribution in [0.2, 0.25) is 0 Å². The van der Waals surface area contributed by atoms with Crippen molar-refractivity contribution >= 4 is 17.0 Å². The molecular formula is C28H41N3O3. The third-order valence-electron chi connectivity index (χ3n) is 8.27. The number of carbonyl (C=O) groups is 1. The number of likely N-dealkylation sites (tertiary alicyclic amines) is 1. The molecule has 0 N–H and O–H groups in total. The van der Waals surface area contributed by atoms with Crippen molar-refractivity contribution in [3.05, 3.63) is 40.3 Å². The number of aromatic nitrogens is 2. The first-order valence-electron chi connectivity index (χ1n) is 13.3. The maximum atomic E-state index is 13.4. The second-order valence-electron chi connectivity index (χ2n) is 10.8. The molecule has 0 bridgehead atoms. The Kier molecular flexibility index (Phi) is 7.76. The summed E-state index contributed by atoms with van der Waals surface area (Å²) in [6.07, 6.45) is 8.48. The highest BCUT2D eigenvalue weighted by Crippen LogP contribution is 2.39. The molecule has 1 aliphatic heterocycles. The number of rotatable bonds is 7. The van der Waals surface area contributed by atoms with Crippen LogP contribution in [0, 0.1) is 11.8 Å². The molecule has 2 fully saturated rings. The van der Waals surface area contributed by atoms with Gasteiger partial charge in [0.1, 0.15) is 0 Å². The molecule has 3 atom stereocenters. The van der Waals surface area contributed by atoms with Gasteiger partial charge in [-0.3, -0.25) is 9.69 Å². The molecule has 0 radical (unpaired) electrons. The van der Waals surface area contributed by atoms with Crippen LogP contribution in [0.15, 0.2) is 29.1 Å². The summed E-state index contributed by atoms with van der Waals surface area (Å²) in [6.45, 7) is 11.1. The van der Waals surface area contributed by atoms with E-state index in [1.54, 1.807) is 11.5 Å². The van der Waals surface area contributed by atoms with E-state index in [4.69, 9.17) is 4.74 Å². The van der Waals surface area contributed by atoms with E-state index in [1.807, 2.05) is 24.3 Å². The SMILES string of the molecule is CCOC(=O)c1nc2ccccc2n([C@@H](C)C[C@@H]2CC[C@H](C)N2C2CCC(C(C)C)CC2)c1=O. The summed E-state index contributed by atoms with van der Waals surface area (Å²) in [5, 5.41) is 0. The highest BCUT2D eigenvalue weighted by atomic mass is 16.5. The van der Waals surface area contributed by atoms with E-state index < -0.39 is 5.97 Å². The predicted octanol–water partition coefficient (Wildman–Crippen LogP) is 5.59. The van der Waals surface area contributed by atoms with Gasteiger partial charge in [0.15, 0.2) is 0 Å². The second kappa shape index (κ2) is 10.6. The van der Waals surface area contributed by atoms with Gasteiger partial charge in [-0.1, -0.05) is 26.0 Å². The van der Waals surface area contributed by atoms with E-state index in [9.17, 15) is 9.59 Å². The summed E-state index contributed by atoms with van der Waals surface area (Å²) in [5.41, 5.74) is 0.972. The quantitative estimate of drug-likeness (QED) is 0.497. The van der Waals surface area contributed by atoms with Crippen molar-refractivity contribution in [1.82, 2.24) is 14.5 Å². The van der Waals surface area contributed by atoms with Crippen LogP contribution in [-0.2, 0) is 4.74 Å². The smallest absolute Gasteiger partial charge is 0.362 e. The van der Waals surface area contributed by atoms with Gasteiger partial charge < -0.3 is 9.30 Å². The monoisotopic (exact) mass is 467 g/mol. The van der Waals surface area contributed by atoms with Gasteiger partial charge in [-0.05, 0) is 89.7 Å². The molecule has 1 saturated heterocycles. The fourth-order valence-corrected chi connectivity index (χ4v) is 6.48. The Balaban J connectivity index is 1.60. The van der Waals surface area contributed by atoms with Gasteiger partial charge in [0, 0.05) is 24.2 Å². The second-order valence-corrected chi connectivity index (χ2v) is 10.8. The first-order valence-corrected chi connectivity index (χ1v) is 13.3. The lowest BCUT2D eigenvalue weighted by molar-refractivity contribution is 0.0516. The fourth-order valence-electron chi connectivity index (χ4n) is 6.48. The van der Waals surface area contributed by atoms with Gasteiger partial charge in [-0.15, -0.1) is 0 Å². The van der Waals surface area contributed by atoms with Gasteiger partial charge in [0.05, 0.1) is 17.6 Å². The van der Waals surface area contributed by atoms with E-state index in [2.05, 4.69) is 37.6 Å². The predicted molar refractivity (Wildman–Crippen MR) is 136 cm³/mol. The van der Waals surface area contributed by atoms with E-state index in [-0.39, 0.29) is 23.9 Å². The Labute approximate surface area is 203 Å². The van der Waals surface area contributed by atoms with Crippen molar-refractivity contribution in [1.29, 1.82) is 0 Å².